The summed E-state index contributed by atoms with van der Waals surface area (Å²) < 4.78 is 38.2. The predicted molar refractivity (Wildman–Crippen MR) is 133 cm³/mol. The van der Waals surface area contributed by atoms with Crippen molar-refractivity contribution in [2.45, 2.75) is 15.5 Å². The molecule has 1 heterocycles. The SMILES string of the molecule is COc1cccc(OC)c1CS(=O)(=O)c1ccc2c(c1)S/C(=C\c1ccc(Br)cc1)C(=O)N2. The van der Waals surface area contributed by atoms with E-state index in [0.29, 0.717) is 32.6 Å². The van der Waals surface area contributed by atoms with Gasteiger partial charge < -0.3 is 14.8 Å². The summed E-state index contributed by atoms with van der Waals surface area (Å²) in [6.07, 6.45) is 1.77. The molecule has 1 aliphatic heterocycles. The van der Waals surface area contributed by atoms with Crippen molar-refractivity contribution >= 4 is 55.2 Å². The Balaban J connectivity index is 1.66. The van der Waals surface area contributed by atoms with E-state index in [0.717, 1.165) is 10.0 Å². The van der Waals surface area contributed by atoms with Crippen molar-refractivity contribution in [2.24, 2.45) is 0 Å². The minimum atomic E-state index is -3.72. The molecule has 170 valence electrons. The molecule has 3 aromatic rings. The summed E-state index contributed by atoms with van der Waals surface area (Å²) in [5.41, 5.74) is 1.90. The number of nitrogens with one attached hydrogen (secondary N) is 1. The van der Waals surface area contributed by atoms with Gasteiger partial charge in [-0.25, -0.2) is 8.42 Å². The molecule has 6 nitrogen and oxygen atoms in total. The zero-order valence-corrected chi connectivity index (χ0v) is 21.0. The van der Waals surface area contributed by atoms with Gasteiger partial charge in [-0.1, -0.05) is 45.9 Å². The third-order valence-corrected chi connectivity index (χ3v) is 8.29. The van der Waals surface area contributed by atoms with Crippen molar-refractivity contribution in [1.82, 2.24) is 0 Å². The Morgan fingerprint density at radius 3 is 2.30 bits per heavy atom. The van der Waals surface area contributed by atoms with E-state index in [1.807, 2.05) is 24.3 Å². The van der Waals surface area contributed by atoms with Crippen molar-refractivity contribution in [3.8, 4) is 11.5 Å². The molecule has 0 bridgehead atoms. The van der Waals surface area contributed by atoms with Crippen LogP contribution in [-0.2, 0) is 20.4 Å². The number of sulfone groups is 1. The lowest BCUT2D eigenvalue weighted by Gasteiger charge is -2.20. The Morgan fingerprint density at radius 2 is 1.67 bits per heavy atom. The molecule has 3 aromatic carbocycles. The van der Waals surface area contributed by atoms with Crippen LogP contribution in [-0.4, -0.2) is 28.5 Å². The Hall–Kier alpha value is -2.75. The van der Waals surface area contributed by atoms with E-state index < -0.39 is 9.84 Å². The van der Waals surface area contributed by atoms with Gasteiger partial charge in [-0.15, -0.1) is 0 Å². The van der Waals surface area contributed by atoms with Crippen LogP contribution in [0.3, 0.4) is 0 Å². The number of anilines is 1. The highest BCUT2D eigenvalue weighted by molar-refractivity contribution is 9.10. The molecule has 4 rings (SSSR count). The van der Waals surface area contributed by atoms with Gasteiger partial charge in [0.15, 0.2) is 9.84 Å². The van der Waals surface area contributed by atoms with E-state index >= 15 is 0 Å². The van der Waals surface area contributed by atoms with Crippen molar-refractivity contribution in [3.05, 3.63) is 81.2 Å². The molecule has 9 heteroatoms. The van der Waals surface area contributed by atoms with Gasteiger partial charge >= 0.3 is 0 Å². The summed E-state index contributed by atoms with van der Waals surface area (Å²) in [5, 5.41) is 2.83. The van der Waals surface area contributed by atoms with Crippen LogP contribution < -0.4 is 14.8 Å². The standard InChI is InChI=1S/C24H20BrNO5S2/c1-30-20-4-3-5-21(31-2)18(20)14-33(28,29)17-10-11-19-22(13-17)32-23(24(27)26-19)12-15-6-8-16(25)9-7-15/h3-13H,14H2,1-2H3,(H,26,27)/b23-12-. The fourth-order valence-electron chi connectivity index (χ4n) is 3.38. The molecule has 0 aliphatic carbocycles. The fraction of sp³-hybridized carbons (Fsp3) is 0.125. The third-order valence-electron chi connectivity index (χ3n) is 5.04. The highest BCUT2D eigenvalue weighted by Gasteiger charge is 2.26. The zero-order chi connectivity index (χ0) is 23.6. The molecular formula is C24H20BrNO5S2. The molecule has 1 amide bonds. The van der Waals surface area contributed by atoms with Crippen molar-refractivity contribution in [3.63, 3.8) is 0 Å². The van der Waals surface area contributed by atoms with E-state index in [2.05, 4.69) is 21.2 Å². The summed E-state index contributed by atoms with van der Waals surface area (Å²) in [4.78, 5) is 13.8. The van der Waals surface area contributed by atoms with Gasteiger partial charge in [0.05, 0.1) is 41.0 Å². The first-order valence-electron chi connectivity index (χ1n) is 9.84. The summed E-state index contributed by atoms with van der Waals surface area (Å²) in [7, 11) is -0.740. The maximum absolute atomic E-state index is 13.3. The highest BCUT2D eigenvalue weighted by atomic mass is 79.9. The normalized spacial score (nSPS) is 14.5. The number of fused-ring (bicyclic) bond motifs is 1. The largest absolute Gasteiger partial charge is 0.496 e. The second-order valence-corrected chi connectivity index (χ2v) is 11.2. The predicted octanol–water partition coefficient (Wildman–Crippen LogP) is 5.53. The van der Waals surface area contributed by atoms with E-state index in [1.54, 1.807) is 36.4 Å². The number of ether oxygens (including phenoxy) is 2. The number of methoxy groups -OCH3 is 2. The van der Waals surface area contributed by atoms with Crippen LogP contribution >= 0.6 is 27.7 Å². The zero-order valence-electron chi connectivity index (χ0n) is 17.8. The quantitative estimate of drug-likeness (QED) is 0.410. The number of hydrogen-bond acceptors (Lipinski definition) is 6. The number of halogens is 1. The molecule has 0 atom stereocenters. The molecule has 0 radical (unpaired) electrons. The minimum absolute atomic E-state index is 0.154. The van der Waals surface area contributed by atoms with E-state index in [-0.39, 0.29) is 16.6 Å². The Kier molecular flexibility index (Phi) is 6.83. The van der Waals surface area contributed by atoms with Gasteiger partial charge in [-0.3, -0.25) is 4.79 Å². The lowest BCUT2D eigenvalue weighted by molar-refractivity contribution is -0.112. The second-order valence-electron chi connectivity index (χ2n) is 7.17. The van der Waals surface area contributed by atoms with Gasteiger partial charge in [-0.2, -0.15) is 0 Å². The average Bonchev–Trinajstić information content (AvgIpc) is 2.80. The summed E-state index contributed by atoms with van der Waals surface area (Å²) in [5.74, 6) is 0.372. The van der Waals surface area contributed by atoms with Gasteiger partial charge in [-0.05, 0) is 54.1 Å². The third kappa shape index (κ3) is 5.10. The van der Waals surface area contributed by atoms with E-state index in [9.17, 15) is 13.2 Å². The number of hydrogen-bond donors (Lipinski definition) is 1. The number of carbonyl (C=O) groups excluding carboxylic acids is 1. The summed E-state index contributed by atoms with van der Waals surface area (Å²) in [6.45, 7) is 0. The summed E-state index contributed by atoms with van der Waals surface area (Å²) in [6, 6.07) is 17.4. The maximum Gasteiger partial charge on any atom is 0.262 e. The van der Waals surface area contributed by atoms with Crippen LogP contribution in [0, 0.1) is 0 Å². The van der Waals surface area contributed by atoms with Crippen LogP contribution in [0.1, 0.15) is 11.1 Å². The van der Waals surface area contributed by atoms with Crippen molar-refractivity contribution in [2.75, 3.05) is 19.5 Å². The molecular weight excluding hydrogens is 526 g/mol. The van der Waals surface area contributed by atoms with Crippen LogP contribution in [0.5, 0.6) is 11.5 Å². The Bertz CT molecular complexity index is 1330. The lowest BCUT2D eigenvalue weighted by Crippen LogP contribution is -2.17. The van der Waals surface area contributed by atoms with Crippen LogP contribution in [0.15, 0.2) is 79.8 Å². The van der Waals surface area contributed by atoms with Gasteiger partial charge in [0.1, 0.15) is 11.5 Å². The van der Waals surface area contributed by atoms with Crippen molar-refractivity contribution < 1.29 is 22.7 Å². The number of thioether (sulfide) groups is 1. The fourth-order valence-corrected chi connectivity index (χ4v) is 6.12. The number of amides is 1. The minimum Gasteiger partial charge on any atom is -0.496 e. The maximum atomic E-state index is 13.3. The molecule has 33 heavy (non-hydrogen) atoms. The molecule has 0 spiro atoms. The van der Waals surface area contributed by atoms with Crippen LogP contribution in [0.25, 0.3) is 6.08 Å². The van der Waals surface area contributed by atoms with Crippen molar-refractivity contribution in [1.29, 1.82) is 0 Å². The Morgan fingerprint density at radius 1 is 1.00 bits per heavy atom. The summed E-state index contributed by atoms with van der Waals surface area (Å²) >= 11 is 4.63. The van der Waals surface area contributed by atoms with E-state index in [1.165, 1.54) is 32.0 Å². The number of benzene rings is 3. The first kappa shape index (κ1) is 23.4. The Labute approximate surface area is 205 Å². The highest BCUT2D eigenvalue weighted by Crippen LogP contribution is 2.41. The van der Waals surface area contributed by atoms with Gasteiger partial charge in [0.2, 0.25) is 0 Å². The monoisotopic (exact) mass is 545 g/mol. The van der Waals surface area contributed by atoms with Gasteiger partial charge in [0, 0.05) is 9.37 Å². The first-order chi connectivity index (χ1) is 15.8. The average molecular weight is 546 g/mol. The van der Waals surface area contributed by atoms with Crippen LogP contribution in [0.4, 0.5) is 5.69 Å². The molecule has 1 aliphatic rings. The molecule has 0 saturated carbocycles. The number of rotatable bonds is 6. The van der Waals surface area contributed by atoms with E-state index in [4.69, 9.17) is 9.47 Å². The molecule has 0 aromatic heterocycles. The smallest absolute Gasteiger partial charge is 0.262 e. The molecule has 0 saturated heterocycles. The van der Waals surface area contributed by atoms with Crippen LogP contribution in [0.2, 0.25) is 0 Å². The molecule has 0 fully saturated rings. The molecule has 0 unspecified atom stereocenters. The second kappa shape index (κ2) is 9.62. The first-order valence-corrected chi connectivity index (χ1v) is 13.1. The topological polar surface area (TPSA) is 81.7 Å². The number of carbonyl (C=O) groups is 1. The lowest BCUT2D eigenvalue weighted by atomic mass is 10.2. The van der Waals surface area contributed by atoms with Gasteiger partial charge in [0.25, 0.3) is 5.91 Å². The molecule has 1 N–H and O–H groups in total.